The summed E-state index contributed by atoms with van der Waals surface area (Å²) in [6.45, 7) is 5.81. The van der Waals surface area contributed by atoms with Crippen LogP contribution in [0.15, 0.2) is 18.2 Å². The van der Waals surface area contributed by atoms with Crippen molar-refractivity contribution >= 4 is 23.4 Å². The van der Waals surface area contributed by atoms with Gasteiger partial charge in [0.1, 0.15) is 5.75 Å². The summed E-state index contributed by atoms with van der Waals surface area (Å²) in [5.74, 6) is 0.195. The Bertz CT molecular complexity index is 622. The number of nitrogens with two attached hydrogens (primary N) is 1. The van der Waals surface area contributed by atoms with Gasteiger partial charge in [0.25, 0.3) is 0 Å². The van der Waals surface area contributed by atoms with Crippen LogP contribution in [-0.4, -0.2) is 42.5 Å². The summed E-state index contributed by atoms with van der Waals surface area (Å²) in [7, 11) is 0. The van der Waals surface area contributed by atoms with E-state index in [1.165, 1.54) is 0 Å². The zero-order chi connectivity index (χ0) is 18.4. The summed E-state index contributed by atoms with van der Waals surface area (Å²) in [4.78, 5) is 25.5. The van der Waals surface area contributed by atoms with E-state index in [-0.39, 0.29) is 30.4 Å². The number of primary amides is 1. The number of likely N-dealkylation sites (tertiary alicyclic amines) is 1. The first kappa shape index (κ1) is 19.5. The Balaban J connectivity index is 1.95. The highest BCUT2D eigenvalue weighted by Gasteiger charge is 2.26. The summed E-state index contributed by atoms with van der Waals surface area (Å²) in [6, 6.07) is 5.40. The summed E-state index contributed by atoms with van der Waals surface area (Å²) in [5.41, 5.74) is 6.09. The lowest BCUT2D eigenvalue weighted by atomic mass is 9.97. The molecule has 1 aromatic carbocycles. The first-order valence-electron chi connectivity index (χ1n) is 8.58. The standard InChI is InChI=1S/C18H26ClN3O3/c1-12(2)25-16-6-5-15(19)8-14(16)9-21-18(24)13-4-3-7-22(10-13)11-17(20)23/h5-6,8,12-13H,3-4,7,9-11H2,1-2H3,(H2,20,23)(H,21,24)/t13-/m1/s1. The van der Waals surface area contributed by atoms with Crippen LogP contribution in [0.2, 0.25) is 5.02 Å². The quantitative estimate of drug-likeness (QED) is 0.771. The molecular weight excluding hydrogens is 342 g/mol. The van der Waals surface area contributed by atoms with E-state index < -0.39 is 0 Å². The predicted molar refractivity (Wildman–Crippen MR) is 97.4 cm³/mol. The van der Waals surface area contributed by atoms with Gasteiger partial charge in [0, 0.05) is 23.7 Å². The third-order valence-electron chi connectivity index (χ3n) is 4.09. The Morgan fingerprint density at radius 3 is 2.88 bits per heavy atom. The fourth-order valence-corrected chi connectivity index (χ4v) is 3.21. The molecule has 25 heavy (non-hydrogen) atoms. The average Bonchev–Trinajstić information content (AvgIpc) is 2.54. The molecule has 138 valence electrons. The lowest BCUT2D eigenvalue weighted by Crippen LogP contribution is -2.45. The predicted octanol–water partition coefficient (Wildman–Crippen LogP) is 1.94. The number of piperidine rings is 1. The normalized spacial score (nSPS) is 18.2. The van der Waals surface area contributed by atoms with Crippen molar-refractivity contribution in [1.29, 1.82) is 0 Å². The van der Waals surface area contributed by atoms with Crippen molar-refractivity contribution in [2.24, 2.45) is 11.7 Å². The fourth-order valence-electron chi connectivity index (χ4n) is 3.02. The van der Waals surface area contributed by atoms with E-state index in [9.17, 15) is 9.59 Å². The van der Waals surface area contributed by atoms with Crippen LogP contribution in [0.5, 0.6) is 5.75 Å². The molecule has 1 aliphatic rings. The van der Waals surface area contributed by atoms with E-state index in [0.29, 0.717) is 18.1 Å². The van der Waals surface area contributed by atoms with E-state index in [4.69, 9.17) is 22.1 Å². The molecule has 1 aliphatic heterocycles. The third kappa shape index (κ3) is 6.21. The molecule has 2 rings (SSSR count). The summed E-state index contributed by atoms with van der Waals surface area (Å²) in [5, 5.41) is 3.57. The molecule has 0 aromatic heterocycles. The van der Waals surface area contributed by atoms with E-state index in [1.807, 2.05) is 24.8 Å². The zero-order valence-electron chi connectivity index (χ0n) is 14.8. The molecule has 3 N–H and O–H groups in total. The number of hydrogen-bond acceptors (Lipinski definition) is 4. The van der Waals surface area contributed by atoms with Crippen LogP contribution in [-0.2, 0) is 16.1 Å². The Hall–Kier alpha value is -1.79. The highest BCUT2D eigenvalue weighted by atomic mass is 35.5. The maximum atomic E-state index is 12.5. The van der Waals surface area contributed by atoms with Crippen LogP contribution in [0.3, 0.4) is 0 Å². The number of halogens is 1. The second-order valence-corrected chi connectivity index (χ2v) is 7.11. The number of carbonyl (C=O) groups excluding carboxylic acids is 2. The third-order valence-corrected chi connectivity index (χ3v) is 4.33. The monoisotopic (exact) mass is 367 g/mol. The topological polar surface area (TPSA) is 84.7 Å². The Morgan fingerprint density at radius 1 is 1.44 bits per heavy atom. The van der Waals surface area contributed by atoms with Gasteiger partial charge in [-0.1, -0.05) is 11.6 Å². The molecule has 1 fully saturated rings. The van der Waals surface area contributed by atoms with Gasteiger partial charge in [-0.05, 0) is 51.4 Å². The smallest absolute Gasteiger partial charge is 0.231 e. The van der Waals surface area contributed by atoms with Gasteiger partial charge in [0.2, 0.25) is 11.8 Å². The number of benzene rings is 1. The minimum Gasteiger partial charge on any atom is -0.491 e. The number of hydrogen-bond donors (Lipinski definition) is 2. The second-order valence-electron chi connectivity index (χ2n) is 6.68. The van der Waals surface area contributed by atoms with Crippen molar-refractivity contribution in [3.8, 4) is 5.75 Å². The molecule has 0 saturated carbocycles. The maximum absolute atomic E-state index is 12.5. The van der Waals surface area contributed by atoms with Gasteiger partial charge >= 0.3 is 0 Å². The Morgan fingerprint density at radius 2 is 2.20 bits per heavy atom. The molecule has 2 amide bonds. The molecule has 1 heterocycles. The highest BCUT2D eigenvalue weighted by Crippen LogP contribution is 2.24. The van der Waals surface area contributed by atoms with Gasteiger partial charge in [0.05, 0.1) is 18.6 Å². The van der Waals surface area contributed by atoms with E-state index in [1.54, 1.807) is 12.1 Å². The van der Waals surface area contributed by atoms with E-state index in [0.717, 1.165) is 30.7 Å². The zero-order valence-corrected chi connectivity index (χ0v) is 15.5. The Labute approximate surface area is 153 Å². The van der Waals surface area contributed by atoms with Gasteiger partial charge in [-0.25, -0.2) is 0 Å². The summed E-state index contributed by atoms with van der Waals surface area (Å²) < 4.78 is 5.77. The van der Waals surface area contributed by atoms with Gasteiger partial charge in [-0.15, -0.1) is 0 Å². The average molecular weight is 368 g/mol. The number of ether oxygens (including phenoxy) is 1. The fraction of sp³-hybridized carbons (Fsp3) is 0.556. The number of nitrogens with one attached hydrogen (secondary N) is 1. The van der Waals surface area contributed by atoms with Gasteiger partial charge < -0.3 is 15.8 Å². The number of rotatable bonds is 7. The highest BCUT2D eigenvalue weighted by molar-refractivity contribution is 6.30. The van der Waals surface area contributed by atoms with Crippen molar-refractivity contribution in [3.63, 3.8) is 0 Å². The van der Waals surface area contributed by atoms with Crippen molar-refractivity contribution in [2.75, 3.05) is 19.6 Å². The lowest BCUT2D eigenvalue weighted by molar-refractivity contribution is -0.128. The van der Waals surface area contributed by atoms with Crippen LogP contribution in [0.25, 0.3) is 0 Å². The molecule has 0 aliphatic carbocycles. The van der Waals surface area contributed by atoms with Gasteiger partial charge in [-0.3, -0.25) is 14.5 Å². The van der Waals surface area contributed by atoms with Crippen LogP contribution >= 0.6 is 11.6 Å². The minimum absolute atomic E-state index is 0.0235. The van der Waals surface area contributed by atoms with E-state index in [2.05, 4.69) is 5.32 Å². The Kier molecular flexibility index (Phi) is 7.08. The van der Waals surface area contributed by atoms with Gasteiger partial charge in [-0.2, -0.15) is 0 Å². The molecular formula is C18H26ClN3O3. The van der Waals surface area contributed by atoms with Gasteiger partial charge in [0.15, 0.2) is 0 Å². The summed E-state index contributed by atoms with van der Waals surface area (Å²) >= 11 is 6.07. The van der Waals surface area contributed by atoms with Crippen molar-refractivity contribution in [1.82, 2.24) is 10.2 Å². The SMILES string of the molecule is CC(C)Oc1ccc(Cl)cc1CNC(=O)[C@@H]1CCCN(CC(N)=O)C1. The first-order chi connectivity index (χ1) is 11.8. The minimum atomic E-state index is -0.365. The van der Waals surface area contributed by atoms with Crippen LogP contribution in [0.1, 0.15) is 32.3 Å². The molecule has 1 saturated heterocycles. The molecule has 1 aromatic rings. The second kappa shape index (κ2) is 9.06. The molecule has 6 nitrogen and oxygen atoms in total. The van der Waals surface area contributed by atoms with Crippen LogP contribution < -0.4 is 15.8 Å². The summed E-state index contributed by atoms with van der Waals surface area (Å²) in [6.07, 6.45) is 1.73. The molecule has 7 heteroatoms. The molecule has 1 atom stereocenters. The largest absolute Gasteiger partial charge is 0.491 e. The van der Waals surface area contributed by atoms with Crippen molar-refractivity contribution < 1.29 is 14.3 Å². The first-order valence-corrected chi connectivity index (χ1v) is 8.96. The number of carbonyl (C=O) groups is 2. The van der Waals surface area contributed by atoms with Crippen LogP contribution in [0, 0.1) is 5.92 Å². The van der Waals surface area contributed by atoms with E-state index >= 15 is 0 Å². The molecule has 0 bridgehead atoms. The number of amides is 2. The van der Waals surface area contributed by atoms with Crippen molar-refractivity contribution in [2.45, 2.75) is 39.3 Å². The number of nitrogens with zero attached hydrogens (tertiary/aromatic N) is 1. The maximum Gasteiger partial charge on any atom is 0.231 e. The van der Waals surface area contributed by atoms with Crippen molar-refractivity contribution in [3.05, 3.63) is 28.8 Å². The molecule has 0 spiro atoms. The molecule has 0 unspecified atom stereocenters. The lowest BCUT2D eigenvalue weighted by Gasteiger charge is -2.31. The molecule has 0 radical (unpaired) electrons. The van der Waals surface area contributed by atoms with Crippen LogP contribution in [0.4, 0.5) is 0 Å².